The van der Waals surface area contributed by atoms with Crippen molar-refractivity contribution in [1.29, 1.82) is 0 Å². The van der Waals surface area contributed by atoms with Gasteiger partial charge in [0.25, 0.3) is 0 Å². The zero-order chi connectivity index (χ0) is 13.5. The molecule has 0 bridgehead atoms. The Morgan fingerprint density at radius 2 is 1.94 bits per heavy atom. The molecule has 0 amide bonds. The molecule has 18 heavy (non-hydrogen) atoms. The van der Waals surface area contributed by atoms with Gasteiger partial charge in [-0.2, -0.15) is 0 Å². The normalized spacial score (nSPS) is 10.1. The fourth-order valence-corrected chi connectivity index (χ4v) is 2.09. The Morgan fingerprint density at radius 1 is 1.28 bits per heavy atom. The van der Waals surface area contributed by atoms with Crippen LogP contribution in [0.5, 0.6) is 5.75 Å². The van der Waals surface area contributed by atoms with Gasteiger partial charge in [-0.25, -0.2) is 0 Å². The van der Waals surface area contributed by atoms with Crippen molar-refractivity contribution >= 4 is 27.7 Å². The predicted molar refractivity (Wildman–Crippen MR) is 71.1 cm³/mol. The topological polar surface area (TPSA) is 63.6 Å². The first-order chi connectivity index (χ1) is 8.54. The second kappa shape index (κ2) is 7.16. The molecule has 0 saturated heterocycles. The maximum Gasteiger partial charge on any atom is 0.303 e. The number of carbonyl (C=O) groups excluding carboxylic acids is 1. The van der Waals surface area contributed by atoms with Gasteiger partial charge in [0.2, 0.25) is 0 Å². The lowest BCUT2D eigenvalue weighted by Gasteiger charge is -2.05. The van der Waals surface area contributed by atoms with Crippen molar-refractivity contribution in [1.82, 2.24) is 0 Å². The number of carboxylic acids is 1. The van der Waals surface area contributed by atoms with Gasteiger partial charge in [0.15, 0.2) is 5.78 Å². The molecule has 0 aliphatic heterocycles. The van der Waals surface area contributed by atoms with Crippen LogP contribution in [0, 0.1) is 0 Å². The molecule has 1 aromatic rings. The largest absolute Gasteiger partial charge is 0.496 e. The van der Waals surface area contributed by atoms with E-state index in [0.29, 0.717) is 30.6 Å². The number of hydrogen-bond acceptors (Lipinski definition) is 3. The third kappa shape index (κ3) is 4.49. The van der Waals surface area contributed by atoms with Crippen LogP contribution in [0.1, 0.15) is 36.0 Å². The van der Waals surface area contributed by atoms with E-state index in [-0.39, 0.29) is 12.2 Å². The molecule has 1 rings (SSSR count). The highest BCUT2D eigenvalue weighted by Gasteiger charge is 2.09. The highest BCUT2D eigenvalue weighted by atomic mass is 79.9. The van der Waals surface area contributed by atoms with Crippen LogP contribution >= 0.6 is 15.9 Å². The Labute approximate surface area is 114 Å². The number of rotatable bonds is 7. The molecule has 0 aromatic heterocycles. The summed E-state index contributed by atoms with van der Waals surface area (Å²) in [4.78, 5) is 22.2. The summed E-state index contributed by atoms with van der Waals surface area (Å²) in [7, 11) is 1.56. The average molecular weight is 315 g/mol. The molecule has 0 heterocycles. The van der Waals surface area contributed by atoms with Crippen molar-refractivity contribution in [3.63, 3.8) is 0 Å². The van der Waals surface area contributed by atoms with Gasteiger partial charge in [-0.3, -0.25) is 9.59 Å². The van der Waals surface area contributed by atoms with Crippen LogP contribution in [0.25, 0.3) is 0 Å². The Kier molecular flexibility index (Phi) is 5.85. The molecule has 98 valence electrons. The molecule has 0 fully saturated rings. The van der Waals surface area contributed by atoms with Gasteiger partial charge >= 0.3 is 5.97 Å². The van der Waals surface area contributed by atoms with E-state index >= 15 is 0 Å². The third-order valence-corrected chi connectivity index (χ3v) is 3.14. The minimum atomic E-state index is -0.824. The number of ether oxygens (including phenoxy) is 1. The smallest absolute Gasteiger partial charge is 0.303 e. The molecule has 0 aliphatic carbocycles. The van der Waals surface area contributed by atoms with Crippen molar-refractivity contribution < 1.29 is 19.4 Å². The number of benzene rings is 1. The zero-order valence-electron chi connectivity index (χ0n) is 10.1. The number of carboxylic acid groups (broad SMARTS) is 1. The summed E-state index contributed by atoms with van der Waals surface area (Å²) in [5, 5.41) is 8.48. The SMILES string of the molecule is COc1ccc(C(=O)CCCCC(=O)O)cc1Br. The molecule has 0 atom stereocenters. The molecule has 5 heteroatoms. The summed E-state index contributed by atoms with van der Waals surface area (Å²) in [5.41, 5.74) is 0.609. The molecule has 0 unspecified atom stereocenters. The maximum absolute atomic E-state index is 11.8. The molecule has 1 N–H and O–H groups in total. The molecule has 0 radical (unpaired) electrons. The summed E-state index contributed by atoms with van der Waals surface area (Å²) < 4.78 is 5.82. The number of methoxy groups -OCH3 is 1. The van der Waals surface area contributed by atoms with Crippen LogP contribution in [0.2, 0.25) is 0 Å². The molecular formula is C13H15BrO4. The van der Waals surface area contributed by atoms with Gasteiger partial charge in [-0.15, -0.1) is 0 Å². The van der Waals surface area contributed by atoms with E-state index in [2.05, 4.69) is 15.9 Å². The Hall–Kier alpha value is -1.36. The molecule has 0 saturated carbocycles. The molecular weight excluding hydrogens is 300 g/mol. The minimum absolute atomic E-state index is 0.0174. The number of aliphatic carboxylic acids is 1. The molecule has 0 aliphatic rings. The maximum atomic E-state index is 11.8. The van der Waals surface area contributed by atoms with Gasteiger partial charge in [0.1, 0.15) is 5.75 Å². The van der Waals surface area contributed by atoms with E-state index in [1.54, 1.807) is 25.3 Å². The average Bonchev–Trinajstić information content (AvgIpc) is 2.34. The quantitative estimate of drug-likeness (QED) is 0.619. The standard InChI is InChI=1S/C13H15BrO4/c1-18-12-7-6-9(8-10(12)14)11(15)4-2-3-5-13(16)17/h6-8H,2-5H2,1H3,(H,16,17). The van der Waals surface area contributed by atoms with Crippen molar-refractivity contribution in [2.45, 2.75) is 25.7 Å². The van der Waals surface area contributed by atoms with Gasteiger partial charge in [0.05, 0.1) is 11.6 Å². The van der Waals surface area contributed by atoms with Crippen LogP contribution < -0.4 is 4.74 Å². The Balaban J connectivity index is 2.51. The van der Waals surface area contributed by atoms with Crippen molar-refractivity contribution in [2.75, 3.05) is 7.11 Å². The summed E-state index contributed by atoms with van der Waals surface area (Å²) in [6, 6.07) is 5.16. The summed E-state index contributed by atoms with van der Waals surface area (Å²) in [6.07, 6.45) is 1.60. The Bertz CT molecular complexity index is 443. The van der Waals surface area contributed by atoms with E-state index < -0.39 is 5.97 Å². The van der Waals surface area contributed by atoms with Crippen LogP contribution in [0.15, 0.2) is 22.7 Å². The van der Waals surface area contributed by atoms with Gasteiger partial charge in [0, 0.05) is 18.4 Å². The van der Waals surface area contributed by atoms with Crippen LogP contribution in [-0.4, -0.2) is 24.0 Å². The number of halogens is 1. The monoisotopic (exact) mass is 314 g/mol. The van der Waals surface area contributed by atoms with E-state index in [9.17, 15) is 9.59 Å². The highest BCUT2D eigenvalue weighted by Crippen LogP contribution is 2.26. The van der Waals surface area contributed by atoms with Gasteiger partial charge in [-0.1, -0.05) is 0 Å². The predicted octanol–water partition coefficient (Wildman–Crippen LogP) is 3.29. The van der Waals surface area contributed by atoms with Crippen molar-refractivity contribution in [3.05, 3.63) is 28.2 Å². The van der Waals surface area contributed by atoms with Crippen LogP contribution in [0.4, 0.5) is 0 Å². The summed E-state index contributed by atoms with van der Waals surface area (Å²) in [5.74, 6) is -0.129. The first-order valence-electron chi connectivity index (χ1n) is 5.63. The second-order valence-electron chi connectivity index (χ2n) is 3.87. The molecule has 1 aromatic carbocycles. The van der Waals surface area contributed by atoms with E-state index in [0.717, 1.165) is 4.47 Å². The highest BCUT2D eigenvalue weighted by molar-refractivity contribution is 9.10. The lowest BCUT2D eigenvalue weighted by molar-refractivity contribution is -0.137. The van der Waals surface area contributed by atoms with E-state index in [1.807, 2.05) is 0 Å². The van der Waals surface area contributed by atoms with Crippen LogP contribution in [-0.2, 0) is 4.79 Å². The van der Waals surface area contributed by atoms with Gasteiger partial charge in [-0.05, 0) is 47.0 Å². The fraction of sp³-hybridized carbons (Fsp3) is 0.385. The van der Waals surface area contributed by atoms with Gasteiger partial charge < -0.3 is 9.84 Å². The zero-order valence-corrected chi connectivity index (χ0v) is 11.7. The van der Waals surface area contributed by atoms with Crippen molar-refractivity contribution in [3.8, 4) is 5.75 Å². The van der Waals surface area contributed by atoms with E-state index in [4.69, 9.17) is 9.84 Å². The lowest BCUT2D eigenvalue weighted by atomic mass is 10.0. The summed E-state index contributed by atoms with van der Waals surface area (Å²) >= 11 is 3.32. The second-order valence-corrected chi connectivity index (χ2v) is 4.73. The van der Waals surface area contributed by atoms with Crippen molar-refractivity contribution in [2.24, 2.45) is 0 Å². The summed E-state index contributed by atoms with van der Waals surface area (Å²) in [6.45, 7) is 0. The Morgan fingerprint density at radius 3 is 2.50 bits per heavy atom. The molecule has 4 nitrogen and oxygen atoms in total. The number of ketones is 1. The number of Topliss-reactive ketones (excluding diaryl/α,β-unsaturated/α-hetero) is 1. The van der Waals surface area contributed by atoms with Crippen LogP contribution in [0.3, 0.4) is 0 Å². The first kappa shape index (κ1) is 14.7. The third-order valence-electron chi connectivity index (χ3n) is 2.52. The number of carbonyl (C=O) groups is 2. The number of hydrogen-bond donors (Lipinski definition) is 1. The van der Waals surface area contributed by atoms with E-state index in [1.165, 1.54) is 0 Å². The number of unbranched alkanes of at least 4 members (excludes halogenated alkanes) is 1. The lowest BCUT2D eigenvalue weighted by Crippen LogP contribution is -2.01. The fourth-order valence-electron chi connectivity index (χ4n) is 1.55. The first-order valence-corrected chi connectivity index (χ1v) is 6.42. The minimum Gasteiger partial charge on any atom is -0.496 e. The molecule has 0 spiro atoms.